The maximum Gasteiger partial charge on any atom is 0.191 e. The molecule has 2 aromatic rings. The fourth-order valence-electron chi connectivity index (χ4n) is 2.42. The van der Waals surface area contributed by atoms with E-state index < -0.39 is 0 Å². The summed E-state index contributed by atoms with van der Waals surface area (Å²) < 4.78 is 12.9. The van der Waals surface area contributed by atoms with Gasteiger partial charge in [-0.15, -0.1) is 24.0 Å². The first-order valence-electron chi connectivity index (χ1n) is 8.61. The van der Waals surface area contributed by atoms with E-state index in [0.29, 0.717) is 6.54 Å². The van der Waals surface area contributed by atoms with Gasteiger partial charge in [0.25, 0.3) is 0 Å². The molecule has 0 saturated carbocycles. The zero-order valence-electron chi connectivity index (χ0n) is 15.6. The van der Waals surface area contributed by atoms with Gasteiger partial charge < -0.3 is 15.5 Å². The van der Waals surface area contributed by atoms with Gasteiger partial charge >= 0.3 is 0 Å². The molecule has 0 aliphatic heterocycles. The van der Waals surface area contributed by atoms with Crippen LogP contribution >= 0.6 is 24.0 Å². The molecule has 26 heavy (non-hydrogen) atoms. The van der Waals surface area contributed by atoms with Crippen LogP contribution in [0.4, 0.5) is 10.1 Å². The minimum Gasteiger partial charge on any atom is -0.378 e. The maximum atomic E-state index is 12.9. The summed E-state index contributed by atoms with van der Waals surface area (Å²) >= 11 is 0. The van der Waals surface area contributed by atoms with E-state index in [1.807, 2.05) is 33.2 Å². The van der Waals surface area contributed by atoms with Crippen molar-refractivity contribution in [3.63, 3.8) is 0 Å². The third-order valence-corrected chi connectivity index (χ3v) is 3.81. The summed E-state index contributed by atoms with van der Waals surface area (Å²) in [5, 5.41) is 6.58. The van der Waals surface area contributed by atoms with E-state index in [1.165, 1.54) is 23.4 Å². The summed E-state index contributed by atoms with van der Waals surface area (Å²) in [5.41, 5.74) is 3.44. The van der Waals surface area contributed by atoms with Crippen molar-refractivity contribution in [2.45, 2.75) is 19.9 Å². The summed E-state index contributed by atoms with van der Waals surface area (Å²) in [6.07, 6.45) is 0.820. The van der Waals surface area contributed by atoms with Crippen molar-refractivity contribution in [3.8, 4) is 0 Å². The van der Waals surface area contributed by atoms with Crippen LogP contribution in [0.3, 0.4) is 0 Å². The Bertz CT molecular complexity index is 686. The molecule has 0 bridgehead atoms. The normalized spacial score (nSPS) is 10.8. The summed E-state index contributed by atoms with van der Waals surface area (Å²) in [4.78, 5) is 6.73. The lowest BCUT2D eigenvalue weighted by Crippen LogP contribution is -2.38. The zero-order chi connectivity index (χ0) is 18.1. The van der Waals surface area contributed by atoms with Crippen molar-refractivity contribution in [2.24, 2.45) is 4.99 Å². The van der Waals surface area contributed by atoms with Gasteiger partial charge in [0.2, 0.25) is 0 Å². The van der Waals surface area contributed by atoms with E-state index in [4.69, 9.17) is 0 Å². The molecule has 0 aliphatic carbocycles. The van der Waals surface area contributed by atoms with E-state index in [9.17, 15) is 4.39 Å². The number of rotatable bonds is 7. The molecular weight excluding hydrogens is 442 g/mol. The van der Waals surface area contributed by atoms with Gasteiger partial charge in [0, 0.05) is 32.9 Å². The van der Waals surface area contributed by atoms with Gasteiger partial charge in [-0.05, 0) is 48.7 Å². The van der Waals surface area contributed by atoms with Crippen LogP contribution in [-0.4, -0.2) is 33.1 Å². The van der Waals surface area contributed by atoms with Gasteiger partial charge in [-0.25, -0.2) is 9.38 Å². The molecule has 0 aromatic heterocycles. The Balaban J connectivity index is 0.00000338. The van der Waals surface area contributed by atoms with E-state index in [1.54, 1.807) is 0 Å². The van der Waals surface area contributed by atoms with Gasteiger partial charge in [-0.2, -0.15) is 0 Å². The number of hydrogen-bond acceptors (Lipinski definition) is 2. The van der Waals surface area contributed by atoms with Crippen LogP contribution in [0.2, 0.25) is 0 Å². The quantitative estimate of drug-likeness (QED) is 0.368. The first-order chi connectivity index (χ1) is 12.1. The molecule has 0 amide bonds. The lowest BCUT2D eigenvalue weighted by Gasteiger charge is -2.14. The van der Waals surface area contributed by atoms with Crippen molar-refractivity contribution < 1.29 is 4.39 Å². The molecule has 2 aromatic carbocycles. The Morgan fingerprint density at radius 2 is 1.77 bits per heavy atom. The highest BCUT2D eigenvalue weighted by Gasteiger charge is 2.01. The molecule has 0 radical (unpaired) electrons. The Hall–Kier alpha value is -1.83. The Labute approximate surface area is 172 Å². The molecule has 0 aliphatic rings. The van der Waals surface area contributed by atoms with Crippen LogP contribution < -0.4 is 15.5 Å². The second-order valence-corrected chi connectivity index (χ2v) is 6.06. The number of hydrogen-bond donors (Lipinski definition) is 2. The molecular formula is C20H28FIN4. The van der Waals surface area contributed by atoms with Crippen molar-refractivity contribution >= 4 is 35.6 Å². The van der Waals surface area contributed by atoms with Gasteiger partial charge in [0.05, 0.1) is 6.54 Å². The second kappa shape index (κ2) is 11.7. The van der Waals surface area contributed by atoms with Crippen LogP contribution in [0.15, 0.2) is 53.5 Å². The fourth-order valence-corrected chi connectivity index (χ4v) is 2.42. The Morgan fingerprint density at radius 1 is 1.04 bits per heavy atom. The smallest absolute Gasteiger partial charge is 0.191 e. The highest BCUT2D eigenvalue weighted by Crippen LogP contribution is 2.13. The predicted octanol–water partition coefficient (Wildman–Crippen LogP) is 3.81. The summed E-state index contributed by atoms with van der Waals surface area (Å²) in [6, 6.07) is 15.0. The summed E-state index contributed by atoms with van der Waals surface area (Å²) in [5.74, 6) is 0.589. The van der Waals surface area contributed by atoms with E-state index >= 15 is 0 Å². The molecule has 0 atom stereocenters. The summed E-state index contributed by atoms with van der Waals surface area (Å²) in [7, 11) is 4.06. The minimum atomic E-state index is -0.202. The molecule has 0 unspecified atom stereocenters. The molecule has 0 fully saturated rings. The lowest BCUT2D eigenvalue weighted by atomic mass is 10.1. The Kier molecular flexibility index (Phi) is 10.0. The number of benzene rings is 2. The fraction of sp³-hybridized carbons (Fsp3) is 0.350. The number of halogens is 2. The average Bonchev–Trinajstić information content (AvgIpc) is 2.61. The van der Waals surface area contributed by atoms with Gasteiger partial charge in [-0.1, -0.05) is 24.3 Å². The van der Waals surface area contributed by atoms with Gasteiger partial charge in [-0.3, -0.25) is 0 Å². The van der Waals surface area contributed by atoms with Crippen LogP contribution in [0.25, 0.3) is 0 Å². The third-order valence-electron chi connectivity index (χ3n) is 3.81. The first kappa shape index (κ1) is 22.2. The molecule has 142 valence electrons. The third kappa shape index (κ3) is 7.59. The van der Waals surface area contributed by atoms with Gasteiger partial charge in [0.15, 0.2) is 5.96 Å². The van der Waals surface area contributed by atoms with Crippen molar-refractivity contribution in [1.82, 2.24) is 10.6 Å². The molecule has 0 spiro atoms. The number of guanidine groups is 1. The van der Waals surface area contributed by atoms with Crippen molar-refractivity contribution in [1.29, 1.82) is 0 Å². The number of nitrogens with one attached hydrogen (secondary N) is 2. The number of nitrogens with zero attached hydrogens (tertiary/aromatic N) is 2. The second-order valence-electron chi connectivity index (χ2n) is 6.06. The van der Waals surface area contributed by atoms with Crippen LogP contribution in [-0.2, 0) is 13.0 Å². The van der Waals surface area contributed by atoms with E-state index in [2.05, 4.69) is 44.8 Å². The van der Waals surface area contributed by atoms with Crippen LogP contribution in [0.1, 0.15) is 18.1 Å². The van der Waals surface area contributed by atoms with Crippen molar-refractivity contribution in [3.05, 3.63) is 65.5 Å². The standard InChI is InChI=1S/C20H27FN4.HI/c1-4-22-20(23-13-12-16-8-10-18(21)11-9-16)24-15-17-6-5-7-19(14-17)25(2)3;/h5-11,14H,4,12-13,15H2,1-3H3,(H2,22,23,24);1H. The largest absolute Gasteiger partial charge is 0.378 e. The highest BCUT2D eigenvalue weighted by atomic mass is 127. The summed E-state index contributed by atoms with van der Waals surface area (Å²) in [6.45, 7) is 4.22. The number of anilines is 1. The maximum absolute atomic E-state index is 12.9. The highest BCUT2D eigenvalue weighted by molar-refractivity contribution is 14.0. The number of aliphatic imine (C=N–C) groups is 1. The van der Waals surface area contributed by atoms with Crippen molar-refractivity contribution in [2.75, 3.05) is 32.1 Å². The molecule has 0 heterocycles. The molecule has 6 heteroatoms. The monoisotopic (exact) mass is 470 g/mol. The van der Waals surface area contributed by atoms with E-state index in [-0.39, 0.29) is 29.8 Å². The zero-order valence-corrected chi connectivity index (χ0v) is 18.0. The predicted molar refractivity (Wildman–Crippen MR) is 119 cm³/mol. The first-order valence-corrected chi connectivity index (χ1v) is 8.61. The van der Waals surface area contributed by atoms with Gasteiger partial charge in [0.1, 0.15) is 5.82 Å². The molecule has 2 rings (SSSR count). The SMILES string of the molecule is CCNC(=NCc1cccc(N(C)C)c1)NCCc1ccc(F)cc1.I. The topological polar surface area (TPSA) is 39.7 Å². The van der Waals surface area contributed by atoms with Crippen LogP contribution in [0, 0.1) is 5.82 Å². The average molecular weight is 470 g/mol. The lowest BCUT2D eigenvalue weighted by molar-refractivity contribution is 0.626. The van der Waals surface area contributed by atoms with E-state index in [0.717, 1.165) is 31.0 Å². The van der Waals surface area contributed by atoms with Crippen LogP contribution in [0.5, 0.6) is 0 Å². The Morgan fingerprint density at radius 3 is 2.42 bits per heavy atom. The molecule has 4 nitrogen and oxygen atoms in total. The molecule has 2 N–H and O–H groups in total. The molecule has 0 saturated heterocycles. The minimum absolute atomic E-state index is 0.